The number of nitrogens with one attached hydrogen (secondary N) is 1. The topological polar surface area (TPSA) is 122 Å². The molecule has 0 aromatic carbocycles. The van der Waals surface area contributed by atoms with Gasteiger partial charge in [0.1, 0.15) is 30.1 Å². The zero-order chi connectivity index (χ0) is 15.4. The maximum absolute atomic E-state index is 12.2. The van der Waals surface area contributed by atoms with Crippen molar-refractivity contribution in [3.63, 3.8) is 0 Å². The van der Waals surface area contributed by atoms with Gasteiger partial charge in [-0.05, 0) is 0 Å². The molecule has 1 N–H and O–H groups in total. The molecular formula is C13H8N8O. The second-order valence-electron chi connectivity index (χ2n) is 4.10. The maximum atomic E-state index is 12.2. The molecule has 0 radical (unpaired) electrons. The van der Waals surface area contributed by atoms with Crippen LogP contribution in [0, 0.1) is 11.3 Å². The summed E-state index contributed by atoms with van der Waals surface area (Å²) < 4.78 is 1.50. The average Bonchev–Trinajstić information content (AvgIpc) is 3.10. The summed E-state index contributed by atoms with van der Waals surface area (Å²) in [6.07, 6.45) is 8.89. The van der Waals surface area contributed by atoms with Crippen molar-refractivity contribution in [3.05, 3.63) is 54.9 Å². The van der Waals surface area contributed by atoms with E-state index in [4.69, 9.17) is 5.26 Å². The molecule has 106 valence electrons. The number of hydrogen-bond donors (Lipinski definition) is 1. The number of hydrogen-bond acceptors (Lipinski definition) is 7. The summed E-state index contributed by atoms with van der Waals surface area (Å²) in [5.74, 6) is -0.305. The van der Waals surface area contributed by atoms with Crippen LogP contribution in [0.25, 0.3) is 5.95 Å². The number of carbonyl (C=O) groups excluding carboxylic acids is 1. The molecule has 3 rings (SSSR count). The Morgan fingerprint density at radius 3 is 2.73 bits per heavy atom. The minimum absolute atomic E-state index is 0.0547. The predicted octanol–water partition coefficient (Wildman–Crippen LogP) is 0.576. The van der Waals surface area contributed by atoms with E-state index < -0.39 is 5.91 Å². The van der Waals surface area contributed by atoms with Crippen molar-refractivity contribution in [1.29, 1.82) is 5.26 Å². The third-order valence-electron chi connectivity index (χ3n) is 2.62. The Labute approximate surface area is 124 Å². The fourth-order valence-corrected chi connectivity index (χ4v) is 1.66. The monoisotopic (exact) mass is 292 g/mol. The number of nitriles is 1. The van der Waals surface area contributed by atoms with Gasteiger partial charge in [0.2, 0.25) is 5.95 Å². The molecule has 9 nitrogen and oxygen atoms in total. The number of aromatic nitrogens is 6. The molecule has 0 aliphatic carbocycles. The van der Waals surface area contributed by atoms with Crippen molar-refractivity contribution in [1.82, 2.24) is 29.5 Å². The summed E-state index contributed by atoms with van der Waals surface area (Å²) >= 11 is 0. The van der Waals surface area contributed by atoms with Crippen molar-refractivity contribution in [3.8, 4) is 12.0 Å². The number of imidazole rings is 1. The molecule has 0 saturated carbocycles. The first-order chi connectivity index (χ1) is 10.8. The molecule has 1 amide bonds. The summed E-state index contributed by atoms with van der Waals surface area (Å²) in [5.41, 5.74) is 0.557. The Hall–Kier alpha value is -3.67. The number of rotatable bonds is 3. The van der Waals surface area contributed by atoms with Gasteiger partial charge in [-0.1, -0.05) is 0 Å². The largest absolute Gasteiger partial charge is 0.318 e. The summed E-state index contributed by atoms with van der Waals surface area (Å²) in [7, 11) is 0. The van der Waals surface area contributed by atoms with Crippen LogP contribution >= 0.6 is 0 Å². The van der Waals surface area contributed by atoms with E-state index in [1.807, 2.05) is 6.07 Å². The third-order valence-corrected chi connectivity index (χ3v) is 2.62. The Bertz CT molecular complexity index is 838. The van der Waals surface area contributed by atoms with Crippen molar-refractivity contribution >= 4 is 11.6 Å². The Balaban J connectivity index is 1.95. The quantitative estimate of drug-likeness (QED) is 0.748. The maximum Gasteiger partial charge on any atom is 0.274 e. The number of nitrogens with zero attached hydrogens (tertiary/aromatic N) is 7. The van der Waals surface area contributed by atoms with Crippen LogP contribution in [0.3, 0.4) is 0 Å². The number of carbonyl (C=O) groups is 1. The molecule has 0 unspecified atom stereocenters. The molecule has 0 atom stereocenters. The SMILES string of the molecule is N#Cc1cc(C(=O)Nc2cncnc2)nc(-n2ccnc2)n1. The summed E-state index contributed by atoms with van der Waals surface area (Å²) in [6, 6.07) is 3.20. The number of amides is 1. The van der Waals surface area contributed by atoms with E-state index in [1.165, 1.54) is 35.7 Å². The zero-order valence-electron chi connectivity index (χ0n) is 11.1. The van der Waals surface area contributed by atoms with Gasteiger partial charge in [-0.25, -0.2) is 24.9 Å². The minimum Gasteiger partial charge on any atom is -0.318 e. The van der Waals surface area contributed by atoms with Crippen LogP contribution in [-0.4, -0.2) is 35.4 Å². The average molecular weight is 292 g/mol. The van der Waals surface area contributed by atoms with Crippen LogP contribution in [0.2, 0.25) is 0 Å². The van der Waals surface area contributed by atoms with Gasteiger partial charge in [0.25, 0.3) is 5.91 Å². The number of anilines is 1. The standard InChI is InChI=1S/C13H8N8O/c14-4-9-3-11(12(22)18-10-5-16-7-17-6-10)20-13(19-9)21-2-1-15-8-21/h1-3,5-8H,(H,18,22). The normalized spacial score (nSPS) is 9.95. The Kier molecular flexibility index (Phi) is 3.49. The molecule has 3 aromatic rings. The van der Waals surface area contributed by atoms with Crippen molar-refractivity contribution in [2.75, 3.05) is 5.32 Å². The molecule has 0 fully saturated rings. The van der Waals surface area contributed by atoms with Crippen LogP contribution in [0.4, 0.5) is 5.69 Å². The van der Waals surface area contributed by atoms with Crippen molar-refractivity contribution < 1.29 is 4.79 Å². The summed E-state index contributed by atoms with van der Waals surface area (Å²) in [5, 5.41) is 11.6. The lowest BCUT2D eigenvalue weighted by atomic mass is 10.3. The third kappa shape index (κ3) is 2.75. The van der Waals surface area contributed by atoms with E-state index in [2.05, 4.69) is 30.2 Å². The van der Waals surface area contributed by atoms with Crippen LogP contribution in [0.5, 0.6) is 0 Å². The fourth-order valence-electron chi connectivity index (χ4n) is 1.66. The highest BCUT2D eigenvalue weighted by Crippen LogP contribution is 2.08. The van der Waals surface area contributed by atoms with Crippen molar-refractivity contribution in [2.24, 2.45) is 0 Å². The second-order valence-corrected chi connectivity index (χ2v) is 4.10. The minimum atomic E-state index is -0.491. The molecule has 0 bridgehead atoms. The Morgan fingerprint density at radius 1 is 1.23 bits per heavy atom. The molecule has 0 aliphatic rings. The van der Waals surface area contributed by atoms with E-state index in [0.29, 0.717) is 5.69 Å². The molecule has 0 spiro atoms. The highest BCUT2D eigenvalue weighted by atomic mass is 16.1. The lowest BCUT2D eigenvalue weighted by Crippen LogP contribution is -2.16. The van der Waals surface area contributed by atoms with E-state index in [0.717, 1.165) is 0 Å². The lowest BCUT2D eigenvalue weighted by Gasteiger charge is -2.06. The molecule has 0 aliphatic heterocycles. The predicted molar refractivity (Wildman–Crippen MR) is 73.9 cm³/mol. The van der Waals surface area contributed by atoms with Crippen LogP contribution in [-0.2, 0) is 0 Å². The van der Waals surface area contributed by atoms with Gasteiger partial charge in [-0.3, -0.25) is 9.36 Å². The molecular weight excluding hydrogens is 284 g/mol. The van der Waals surface area contributed by atoms with Gasteiger partial charge in [-0.15, -0.1) is 0 Å². The first-order valence-corrected chi connectivity index (χ1v) is 6.10. The lowest BCUT2D eigenvalue weighted by molar-refractivity contribution is 0.102. The van der Waals surface area contributed by atoms with Gasteiger partial charge in [0.15, 0.2) is 0 Å². The van der Waals surface area contributed by atoms with Crippen LogP contribution in [0.1, 0.15) is 16.2 Å². The first-order valence-electron chi connectivity index (χ1n) is 6.10. The Morgan fingerprint density at radius 2 is 2.05 bits per heavy atom. The summed E-state index contributed by atoms with van der Waals surface area (Å²) in [6.45, 7) is 0. The van der Waals surface area contributed by atoms with Gasteiger partial charge < -0.3 is 5.32 Å². The molecule has 22 heavy (non-hydrogen) atoms. The van der Waals surface area contributed by atoms with E-state index in [1.54, 1.807) is 12.4 Å². The van der Waals surface area contributed by atoms with Crippen LogP contribution in [0.15, 0.2) is 43.5 Å². The van der Waals surface area contributed by atoms with Gasteiger partial charge in [0.05, 0.1) is 18.1 Å². The zero-order valence-corrected chi connectivity index (χ0v) is 11.1. The van der Waals surface area contributed by atoms with Gasteiger partial charge in [-0.2, -0.15) is 5.26 Å². The van der Waals surface area contributed by atoms with E-state index in [-0.39, 0.29) is 17.3 Å². The van der Waals surface area contributed by atoms with Crippen molar-refractivity contribution in [2.45, 2.75) is 0 Å². The van der Waals surface area contributed by atoms with Crippen LogP contribution < -0.4 is 5.32 Å². The molecule has 0 saturated heterocycles. The highest BCUT2D eigenvalue weighted by molar-refractivity contribution is 6.02. The molecule has 9 heteroatoms. The highest BCUT2D eigenvalue weighted by Gasteiger charge is 2.13. The molecule has 3 aromatic heterocycles. The van der Waals surface area contributed by atoms with E-state index in [9.17, 15) is 4.79 Å². The van der Waals surface area contributed by atoms with Gasteiger partial charge >= 0.3 is 0 Å². The molecule has 3 heterocycles. The second kappa shape index (κ2) is 5.76. The fraction of sp³-hybridized carbons (Fsp3) is 0. The van der Waals surface area contributed by atoms with E-state index >= 15 is 0 Å². The smallest absolute Gasteiger partial charge is 0.274 e. The van der Waals surface area contributed by atoms with Gasteiger partial charge in [0, 0.05) is 18.5 Å². The summed E-state index contributed by atoms with van der Waals surface area (Å²) in [4.78, 5) is 31.8. The first kappa shape index (κ1) is 13.3.